The first kappa shape index (κ1) is 12.6. The maximum absolute atomic E-state index is 9.68. The highest BCUT2D eigenvalue weighted by molar-refractivity contribution is 5.73. The summed E-state index contributed by atoms with van der Waals surface area (Å²) < 4.78 is 10.8. The summed E-state index contributed by atoms with van der Waals surface area (Å²) in [6.45, 7) is 5.08. The molecule has 5 nitrogen and oxygen atoms in total. The van der Waals surface area contributed by atoms with Crippen LogP contribution in [0, 0.1) is 6.92 Å². The maximum Gasteiger partial charge on any atom is 0.192 e. The van der Waals surface area contributed by atoms with Crippen molar-refractivity contribution in [2.45, 2.75) is 13.0 Å². The van der Waals surface area contributed by atoms with Crippen LogP contribution in [-0.2, 0) is 4.74 Å². The third-order valence-corrected chi connectivity index (χ3v) is 3.56. The molecule has 0 amide bonds. The van der Waals surface area contributed by atoms with Gasteiger partial charge in [0.25, 0.3) is 0 Å². The number of hydrogen-bond acceptors (Lipinski definition) is 5. The molecule has 1 saturated heterocycles. The highest BCUT2D eigenvalue weighted by atomic mass is 16.5. The number of aliphatic hydroxyl groups is 1. The van der Waals surface area contributed by atoms with Crippen molar-refractivity contribution in [2.24, 2.45) is 0 Å². The lowest BCUT2D eigenvalue weighted by atomic mass is 10.0. The average Bonchev–Trinajstić information content (AvgIpc) is 2.80. The number of hydrogen-bond donors (Lipinski definition) is 1. The summed E-state index contributed by atoms with van der Waals surface area (Å²) in [6, 6.07) is 5.93. The van der Waals surface area contributed by atoms with Crippen LogP contribution >= 0.6 is 0 Å². The second kappa shape index (κ2) is 5.28. The first-order valence-corrected chi connectivity index (χ1v) is 6.57. The standard InChI is InChI=1S/C14H18N2O3/c1-10-15-12-8-11(2-3-14(12)19-10)13(9-17)16-4-6-18-7-5-16/h2-3,8,13,17H,4-7,9H2,1H3. The summed E-state index contributed by atoms with van der Waals surface area (Å²) in [6.07, 6.45) is 0. The number of fused-ring (bicyclic) bond motifs is 1. The van der Waals surface area contributed by atoms with Gasteiger partial charge in [-0.3, -0.25) is 4.90 Å². The van der Waals surface area contributed by atoms with Gasteiger partial charge < -0.3 is 14.3 Å². The molecule has 2 aromatic rings. The largest absolute Gasteiger partial charge is 0.441 e. The monoisotopic (exact) mass is 262 g/mol. The predicted octanol–water partition coefficient (Wildman–Crippen LogP) is 1.50. The van der Waals surface area contributed by atoms with E-state index in [0.29, 0.717) is 5.89 Å². The normalized spacial score (nSPS) is 18.8. The van der Waals surface area contributed by atoms with Gasteiger partial charge in [0, 0.05) is 20.0 Å². The number of rotatable bonds is 3. The molecule has 0 bridgehead atoms. The molecule has 19 heavy (non-hydrogen) atoms. The van der Waals surface area contributed by atoms with Gasteiger partial charge in [-0.2, -0.15) is 0 Å². The molecular formula is C14H18N2O3. The minimum atomic E-state index is 0.00491. The molecule has 1 fully saturated rings. The van der Waals surface area contributed by atoms with Crippen LogP contribution < -0.4 is 0 Å². The number of ether oxygens (including phenoxy) is 1. The lowest BCUT2D eigenvalue weighted by Gasteiger charge is -2.33. The Morgan fingerprint density at radius 2 is 2.16 bits per heavy atom. The van der Waals surface area contributed by atoms with Crippen molar-refractivity contribution >= 4 is 11.1 Å². The van der Waals surface area contributed by atoms with Gasteiger partial charge in [-0.25, -0.2) is 4.98 Å². The minimum absolute atomic E-state index is 0.00491. The summed E-state index contributed by atoms with van der Waals surface area (Å²) in [4.78, 5) is 6.59. The lowest BCUT2D eigenvalue weighted by Crippen LogP contribution is -2.40. The summed E-state index contributed by atoms with van der Waals surface area (Å²) >= 11 is 0. The average molecular weight is 262 g/mol. The maximum atomic E-state index is 9.68. The zero-order chi connectivity index (χ0) is 13.2. The molecule has 0 saturated carbocycles. The first-order valence-electron chi connectivity index (χ1n) is 6.57. The van der Waals surface area contributed by atoms with Crippen molar-refractivity contribution in [1.29, 1.82) is 0 Å². The summed E-state index contributed by atoms with van der Waals surface area (Å²) in [5, 5.41) is 9.68. The van der Waals surface area contributed by atoms with Crippen LogP contribution in [-0.4, -0.2) is 47.9 Å². The molecule has 0 radical (unpaired) electrons. The molecule has 1 atom stereocenters. The second-order valence-corrected chi connectivity index (χ2v) is 4.81. The first-order chi connectivity index (χ1) is 9.28. The summed E-state index contributed by atoms with van der Waals surface area (Å²) in [5.41, 5.74) is 2.71. The van der Waals surface area contributed by atoms with Crippen LogP contribution in [0.5, 0.6) is 0 Å². The van der Waals surface area contributed by atoms with Crippen molar-refractivity contribution in [3.63, 3.8) is 0 Å². The van der Waals surface area contributed by atoms with Crippen LogP contribution in [0.2, 0.25) is 0 Å². The van der Waals surface area contributed by atoms with E-state index in [2.05, 4.69) is 9.88 Å². The number of aromatic nitrogens is 1. The van der Waals surface area contributed by atoms with Gasteiger partial charge in [-0.1, -0.05) is 6.07 Å². The third kappa shape index (κ3) is 2.49. The number of morpholine rings is 1. The van der Waals surface area contributed by atoms with Crippen molar-refractivity contribution in [3.05, 3.63) is 29.7 Å². The van der Waals surface area contributed by atoms with E-state index >= 15 is 0 Å². The zero-order valence-electron chi connectivity index (χ0n) is 11.0. The lowest BCUT2D eigenvalue weighted by molar-refractivity contribution is 0.00262. The molecule has 1 aliphatic rings. The third-order valence-electron chi connectivity index (χ3n) is 3.56. The molecule has 3 rings (SSSR count). The molecule has 1 aromatic heterocycles. The Hall–Kier alpha value is -1.43. The molecule has 1 N–H and O–H groups in total. The topological polar surface area (TPSA) is 58.7 Å². The Morgan fingerprint density at radius 3 is 2.89 bits per heavy atom. The van der Waals surface area contributed by atoms with E-state index in [1.165, 1.54) is 0 Å². The van der Waals surface area contributed by atoms with Gasteiger partial charge in [-0.15, -0.1) is 0 Å². The van der Waals surface area contributed by atoms with Gasteiger partial charge in [0.1, 0.15) is 5.52 Å². The van der Waals surface area contributed by atoms with E-state index < -0.39 is 0 Å². The van der Waals surface area contributed by atoms with E-state index in [0.717, 1.165) is 43.0 Å². The fraction of sp³-hybridized carbons (Fsp3) is 0.500. The van der Waals surface area contributed by atoms with Gasteiger partial charge >= 0.3 is 0 Å². The van der Waals surface area contributed by atoms with Crippen LogP contribution in [0.15, 0.2) is 22.6 Å². The van der Waals surface area contributed by atoms with Crippen molar-refractivity contribution in [3.8, 4) is 0 Å². The van der Waals surface area contributed by atoms with Gasteiger partial charge in [0.05, 0.1) is 25.9 Å². The molecule has 1 aliphatic heterocycles. The van der Waals surface area contributed by atoms with E-state index in [9.17, 15) is 5.11 Å². The molecule has 1 aromatic carbocycles. The van der Waals surface area contributed by atoms with Crippen LogP contribution in [0.4, 0.5) is 0 Å². The van der Waals surface area contributed by atoms with Crippen LogP contribution in [0.3, 0.4) is 0 Å². The SMILES string of the molecule is Cc1nc2cc(C(CO)N3CCOCC3)ccc2o1. The summed E-state index contributed by atoms with van der Waals surface area (Å²) in [5.74, 6) is 0.666. The molecule has 5 heteroatoms. The Balaban J connectivity index is 1.91. The van der Waals surface area contributed by atoms with Gasteiger partial charge in [0.15, 0.2) is 11.5 Å². The van der Waals surface area contributed by atoms with Crippen molar-refractivity contribution < 1.29 is 14.3 Å². The van der Waals surface area contributed by atoms with E-state index in [-0.39, 0.29) is 12.6 Å². The quantitative estimate of drug-likeness (QED) is 0.908. The van der Waals surface area contributed by atoms with Crippen LogP contribution in [0.25, 0.3) is 11.1 Å². The van der Waals surface area contributed by atoms with Crippen LogP contribution in [0.1, 0.15) is 17.5 Å². The molecule has 0 spiro atoms. The van der Waals surface area contributed by atoms with E-state index in [4.69, 9.17) is 9.15 Å². The second-order valence-electron chi connectivity index (χ2n) is 4.81. The molecular weight excluding hydrogens is 244 g/mol. The van der Waals surface area contributed by atoms with Crippen molar-refractivity contribution in [1.82, 2.24) is 9.88 Å². The number of aliphatic hydroxyl groups excluding tert-OH is 1. The highest BCUT2D eigenvalue weighted by Gasteiger charge is 2.22. The molecule has 2 heterocycles. The predicted molar refractivity (Wildman–Crippen MR) is 71.0 cm³/mol. The van der Waals surface area contributed by atoms with Crippen molar-refractivity contribution in [2.75, 3.05) is 32.9 Å². The number of benzene rings is 1. The summed E-state index contributed by atoms with van der Waals surface area (Å²) in [7, 11) is 0. The Kier molecular flexibility index (Phi) is 3.50. The Labute approximate surface area is 111 Å². The highest BCUT2D eigenvalue weighted by Crippen LogP contribution is 2.25. The Bertz CT molecular complexity index is 561. The number of oxazole rings is 1. The van der Waals surface area contributed by atoms with Gasteiger partial charge in [-0.05, 0) is 17.7 Å². The zero-order valence-corrected chi connectivity index (χ0v) is 11.0. The molecule has 1 unspecified atom stereocenters. The van der Waals surface area contributed by atoms with E-state index in [1.54, 1.807) is 0 Å². The smallest absolute Gasteiger partial charge is 0.192 e. The fourth-order valence-corrected chi connectivity index (χ4v) is 2.59. The number of nitrogens with zero attached hydrogens (tertiary/aromatic N) is 2. The molecule has 102 valence electrons. The number of aryl methyl sites for hydroxylation is 1. The van der Waals surface area contributed by atoms with Gasteiger partial charge in [0.2, 0.25) is 0 Å². The Morgan fingerprint density at radius 1 is 1.37 bits per heavy atom. The minimum Gasteiger partial charge on any atom is -0.441 e. The molecule has 0 aliphatic carbocycles. The van der Waals surface area contributed by atoms with E-state index in [1.807, 2.05) is 25.1 Å². The fourth-order valence-electron chi connectivity index (χ4n) is 2.59.